The number of imide groups is 1. The molecule has 1 fully saturated rings. The molecule has 2 amide bonds. The van der Waals surface area contributed by atoms with Crippen molar-refractivity contribution in [2.45, 2.75) is 6.18 Å². The van der Waals surface area contributed by atoms with Crippen LogP contribution in [0.5, 0.6) is 0 Å². The van der Waals surface area contributed by atoms with Gasteiger partial charge in [-0.1, -0.05) is 12.1 Å². The minimum Gasteiger partial charge on any atom is -0.457 e. The van der Waals surface area contributed by atoms with E-state index < -0.39 is 22.9 Å². The van der Waals surface area contributed by atoms with Crippen molar-refractivity contribution in [2.24, 2.45) is 0 Å². The summed E-state index contributed by atoms with van der Waals surface area (Å²) in [6, 6.07) is 7.75. The van der Waals surface area contributed by atoms with Gasteiger partial charge in [-0.3, -0.25) is 14.9 Å². The van der Waals surface area contributed by atoms with E-state index in [1.54, 1.807) is 0 Å². The number of carbonyl (C=O) groups excluding carboxylic acids is 2. The van der Waals surface area contributed by atoms with Crippen LogP contribution in [-0.4, -0.2) is 11.1 Å². The number of halogens is 3. The molecule has 1 aromatic carbocycles. The van der Waals surface area contributed by atoms with E-state index in [4.69, 9.17) is 4.42 Å². The number of thioether (sulfide) groups is 1. The number of hydrogen-bond acceptors (Lipinski definition) is 4. The van der Waals surface area contributed by atoms with Crippen molar-refractivity contribution < 1.29 is 27.2 Å². The van der Waals surface area contributed by atoms with E-state index >= 15 is 0 Å². The highest BCUT2D eigenvalue weighted by Gasteiger charge is 2.30. The lowest BCUT2D eigenvalue weighted by atomic mass is 10.1. The Bertz CT molecular complexity index is 823. The summed E-state index contributed by atoms with van der Waals surface area (Å²) in [7, 11) is 0. The van der Waals surface area contributed by atoms with Gasteiger partial charge in [0.1, 0.15) is 11.5 Å². The highest BCUT2D eigenvalue weighted by atomic mass is 32.2. The van der Waals surface area contributed by atoms with Gasteiger partial charge in [-0.25, -0.2) is 0 Å². The van der Waals surface area contributed by atoms with Crippen molar-refractivity contribution in [2.75, 3.05) is 0 Å². The molecule has 0 aliphatic carbocycles. The van der Waals surface area contributed by atoms with Crippen LogP contribution in [0.25, 0.3) is 17.4 Å². The zero-order valence-electron chi connectivity index (χ0n) is 11.3. The largest absolute Gasteiger partial charge is 0.457 e. The lowest BCUT2D eigenvalue weighted by Crippen LogP contribution is -2.17. The number of alkyl halides is 3. The third-order valence-corrected chi connectivity index (χ3v) is 3.83. The van der Waals surface area contributed by atoms with Gasteiger partial charge in [0.05, 0.1) is 10.5 Å². The molecule has 1 aromatic heterocycles. The maximum absolute atomic E-state index is 12.7. The molecule has 2 aromatic rings. The Hall–Kier alpha value is -2.48. The summed E-state index contributed by atoms with van der Waals surface area (Å²) < 4.78 is 43.6. The van der Waals surface area contributed by atoms with Crippen LogP contribution < -0.4 is 5.32 Å². The zero-order valence-corrected chi connectivity index (χ0v) is 12.1. The van der Waals surface area contributed by atoms with Crippen LogP contribution in [-0.2, 0) is 11.0 Å². The quantitative estimate of drug-likeness (QED) is 0.829. The lowest BCUT2D eigenvalue weighted by Gasteiger charge is -2.07. The summed E-state index contributed by atoms with van der Waals surface area (Å²) in [4.78, 5) is 22.7. The Morgan fingerprint density at radius 1 is 1.13 bits per heavy atom. The molecule has 23 heavy (non-hydrogen) atoms. The molecule has 2 heterocycles. The fraction of sp³-hybridized carbons (Fsp3) is 0.0667. The third kappa shape index (κ3) is 3.31. The fourth-order valence-corrected chi connectivity index (χ4v) is 2.65. The molecule has 0 unspecified atom stereocenters. The van der Waals surface area contributed by atoms with Crippen LogP contribution in [0.1, 0.15) is 11.3 Å². The van der Waals surface area contributed by atoms with E-state index in [0.717, 1.165) is 23.9 Å². The van der Waals surface area contributed by atoms with Crippen molar-refractivity contribution in [3.63, 3.8) is 0 Å². The SMILES string of the molecule is O=C1NC(=O)/C(=C\c2ccc(-c3cccc(C(F)(F)F)c3)o2)S1. The van der Waals surface area contributed by atoms with Gasteiger partial charge < -0.3 is 4.42 Å². The highest BCUT2D eigenvalue weighted by Crippen LogP contribution is 2.33. The van der Waals surface area contributed by atoms with E-state index in [2.05, 4.69) is 5.32 Å². The normalized spacial score (nSPS) is 16.9. The van der Waals surface area contributed by atoms with Crippen LogP contribution >= 0.6 is 11.8 Å². The van der Waals surface area contributed by atoms with E-state index in [1.165, 1.54) is 30.3 Å². The standard InChI is InChI=1S/C15H8F3NO3S/c16-15(17,18)9-3-1-2-8(6-9)11-5-4-10(22-11)7-12-13(20)19-14(21)23-12/h1-7H,(H,19,20,21)/b12-7+. The number of carbonyl (C=O) groups is 2. The predicted octanol–water partition coefficient (Wildman–Crippen LogP) is 4.29. The number of benzene rings is 1. The Morgan fingerprint density at radius 2 is 1.91 bits per heavy atom. The molecular weight excluding hydrogens is 331 g/mol. The van der Waals surface area contributed by atoms with Crippen molar-refractivity contribution in [3.05, 3.63) is 52.6 Å². The molecule has 1 saturated heterocycles. The third-order valence-electron chi connectivity index (χ3n) is 3.02. The smallest absolute Gasteiger partial charge is 0.416 e. The molecule has 1 aliphatic heterocycles. The molecule has 0 radical (unpaired) electrons. The maximum atomic E-state index is 12.7. The van der Waals surface area contributed by atoms with E-state index in [9.17, 15) is 22.8 Å². The Kier molecular flexibility index (Phi) is 3.77. The number of amides is 2. The number of nitrogens with one attached hydrogen (secondary N) is 1. The van der Waals surface area contributed by atoms with E-state index in [-0.39, 0.29) is 22.0 Å². The molecule has 0 spiro atoms. The first-order chi connectivity index (χ1) is 10.8. The first-order valence-electron chi connectivity index (χ1n) is 6.35. The van der Waals surface area contributed by atoms with Gasteiger partial charge >= 0.3 is 6.18 Å². The van der Waals surface area contributed by atoms with Crippen LogP contribution in [0.4, 0.5) is 18.0 Å². The Balaban J connectivity index is 1.90. The summed E-state index contributed by atoms with van der Waals surface area (Å²) in [5.74, 6) is -0.0283. The van der Waals surface area contributed by atoms with Crippen LogP contribution in [0.3, 0.4) is 0 Å². The topological polar surface area (TPSA) is 59.3 Å². The minimum atomic E-state index is -4.44. The van der Waals surface area contributed by atoms with E-state index in [0.29, 0.717) is 0 Å². The van der Waals surface area contributed by atoms with Gasteiger partial charge in [0.2, 0.25) is 0 Å². The van der Waals surface area contributed by atoms with Gasteiger partial charge in [-0.2, -0.15) is 13.2 Å². The molecule has 4 nitrogen and oxygen atoms in total. The Morgan fingerprint density at radius 3 is 2.57 bits per heavy atom. The van der Waals surface area contributed by atoms with Gasteiger partial charge in [0.15, 0.2) is 0 Å². The molecule has 1 N–H and O–H groups in total. The average Bonchev–Trinajstić information content (AvgIpc) is 3.06. The lowest BCUT2D eigenvalue weighted by molar-refractivity contribution is -0.137. The molecular formula is C15H8F3NO3S. The Labute approximate surface area is 132 Å². The highest BCUT2D eigenvalue weighted by molar-refractivity contribution is 8.18. The zero-order chi connectivity index (χ0) is 16.6. The van der Waals surface area contributed by atoms with E-state index in [1.807, 2.05) is 0 Å². The van der Waals surface area contributed by atoms with Gasteiger partial charge in [0, 0.05) is 11.6 Å². The van der Waals surface area contributed by atoms with Crippen LogP contribution in [0, 0.1) is 0 Å². The fourth-order valence-electron chi connectivity index (χ4n) is 1.98. The predicted molar refractivity (Wildman–Crippen MR) is 78.3 cm³/mol. The summed E-state index contributed by atoms with van der Waals surface area (Å²) in [6.07, 6.45) is -3.08. The molecule has 0 atom stereocenters. The van der Waals surface area contributed by atoms with Crippen LogP contribution in [0.2, 0.25) is 0 Å². The average molecular weight is 339 g/mol. The molecule has 118 valence electrons. The second-order valence-electron chi connectivity index (χ2n) is 4.63. The second-order valence-corrected chi connectivity index (χ2v) is 5.65. The number of hydrogen-bond donors (Lipinski definition) is 1. The molecule has 0 bridgehead atoms. The number of rotatable bonds is 2. The van der Waals surface area contributed by atoms with Gasteiger partial charge in [0.25, 0.3) is 11.1 Å². The molecule has 8 heteroatoms. The summed E-state index contributed by atoms with van der Waals surface area (Å²) in [5, 5.41) is 1.62. The molecule has 3 rings (SSSR count). The van der Waals surface area contributed by atoms with Crippen molar-refractivity contribution >= 4 is 29.0 Å². The molecule has 0 saturated carbocycles. The summed E-state index contributed by atoms with van der Waals surface area (Å²) >= 11 is 0.732. The van der Waals surface area contributed by atoms with Crippen LogP contribution in [0.15, 0.2) is 45.7 Å². The number of furan rings is 1. The van der Waals surface area contributed by atoms with Gasteiger partial charge in [-0.05, 0) is 36.0 Å². The molecule has 1 aliphatic rings. The first kappa shape index (κ1) is 15.4. The van der Waals surface area contributed by atoms with Crippen molar-refractivity contribution in [1.29, 1.82) is 0 Å². The van der Waals surface area contributed by atoms with Gasteiger partial charge in [-0.15, -0.1) is 0 Å². The minimum absolute atomic E-state index is 0.167. The second kappa shape index (κ2) is 5.62. The maximum Gasteiger partial charge on any atom is 0.416 e. The summed E-state index contributed by atoms with van der Waals surface area (Å²) in [5.41, 5.74) is -0.508. The summed E-state index contributed by atoms with van der Waals surface area (Å²) in [6.45, 7) is 0. The monoisotopic (exact) mass is 339 g/mol. The first-order valence-corrected chi connectivity index (χ1v) is 7.17. The van der Waals surface area contributed by atoms with Crippen molar-refractivity contribution in [3.8, 4) is 11.3 Å². The van der Waals surface area contributed by atoms with Crippen molar-refractivity contribution in [1.82, 2.24) is 5.32 Å².